The van der Waals surface area contributed by atoms with Crippen LogP contribution in [0.5, 0.6) is 5.75 Å². The molecule has 3 aliphatic heterocycles. The van der Waals surface area contributed by atoms with Crippen LogP contribution in [-0.4, -0.2) is 83.3 Å². The van der Waals surface area contributed by atoms with Gasteiger partial charge < -0.3 is 29.1 Å². The molecule has 0 saturated carbocycles. The lowest BCUT2D eigenvalue weighted by atomic mass is 9.70. The number of benzene rings is 1. The fraction of sp³-hybridized carbons (Fsp3) is 0.536. The van der Waals surface area contributed by atoms with Crippen molar-refractivity contribution in [2.75, 3.05) is 31.8 Å². The molecule has 7 atom stereocenters. The van der Waals surface area contributed by atoms with Gasteiger partial charge in [0.05, 0.1) is 37.7 Å². The molecule has 9 nitrogen and oxygen atoms in total. The van der Waals surface area contributed by atoms with E-state index in [4.69, 9.17) is 14.2 Å². The van der Waals surface area contributed by atoms with Gasteiger partial charge in [0, 0.05) is 17.1 Å². The molecule has 3 saturated heterocycles. The van der Waals surface area contributed by atoms with E-state index in [0.717, 1.165) is 0 Å². The number of carbonyl (C=O) groups is 3. The standard InChI is InChI=1S/C28H35BrN2O7/c1-6-12-30(17-8-10-18(36-5)11-9-17)26(34)24-28-14-19(29)23(38-28)21(27(35)37-13-7-2)22(28)25(33)31(24)20(15-32)16(3)4/h6-11,16,19-24,32H,1-2,12-15H2,3-5H3/t19?,20-,21+,22-,23+,24?,28?/m0/s1. The van der Waals surface area contributed by atoms with E-state index >= 15 is 0 Å². The maximum Gasteiger partial charge on any atom is 0.312 e. The Labute approximate surface area is 231 Å². The number of amides is 2. The maximum absolute atomic E-state index is 14.5. The second kappa shape index (κ2) is 11.2. The van der Waals surface area contributed by atoms with Crippen LogP contribution < -0.4 is 9.64 Å². The molecule has 10 heteroatoms. The van der Waals surface area contributed by atoms with Crippen LogP contribution in [0.3, 0.4) is 0 Å². The Bertz CT molecular complexity index is 1090. The van der Waals surface area contributed by atoms with Crippen LogP contribution in [0.4, 0.5) is 5.69 Å². The Morgan fingerprint density at radius 3 is 2.53 bits per heavy atom. The molecule has 1 N–H and O–H groups in total. The molecule has 3 heterocycles. The summed E-state index contributed by atoms with van der Waals surface area (Å²) in [6.45, 7) is 11.0. The number of rotatable bonds is 11. The predicted molar refractivity (Wildman–Crippen MR) is 145 cm³/mol. The van der Waals surface area contributed by atoms with Gasteiger partial charge in [-0.3, -0.25) is 14.4 Å². The van der Waals surface area contributed by atoms with Gasteiger partial charge in [-0.25, -0.2) is 0 Å². The third kappa shape index (κ3) is 4.46. The number of aliphatic hydroxyl groups is 1. The smallest absolute Gasteiger partial charge is 0.312 e. The van der Waals surface area contributed by atoms with Crippen LogP contribution in [0.25, 0.3) is 0 Å². The van der Waals surface area contributed by atoms with Gasteiger partial charge in [-0.1, -0.05) is 48.5 Å². The van der Waals surface area contributed by atoms with Crippen LogP contribution in [0, 0.1) is 17.8 Å². The molecule has 206 valence electrons. The van der Waals surface area contributed by atoms with Gasteiger partial charge in [-0.2, -0.15) is 0 Å². The van der Waals surface area contributed by atoms with Crippen LogP contribution in [-0.2, 0) is 23.9 Å². The number of hydrogen-bond acceptors (Lipinski definition) is 7. The van der Waals surface area contributed by atoms with Gasteiger partial charge in [0.15, 0.2) is 0 Å². The first-order chi connectivity index (χ1) is 18.2. The van der Waals surface area contributed by atoms with Crippen molar-refractivity contribution < 1.29 is 33.7 Å². The quantitative estimate of drug-likeness (QED) is 0.240. The van der Waals surface area contributed by atoms with E-state index < -0.39 is 41.6 Å². The van der Waals surface area contributed by atoms with Crippen molar-refractivity contribution in [3.8, 4) is 5.75 Å². The Morgan fingerprint density at radius 2 is 1.97 bits per heavy atom. The molecule has 0 aliphatic carbocycles. The molecule has 38 heavy (non-hydrogen) atoms. The number of carbonyl (C=O) groups excluding carboxylic acids is 3. The van der Waals surface area contributed by atoms with Crippen LogP contribution in [0.2, 0.25) is 0 Å². The molecule has 1 aromatic rings. The molecular weight excluding hydrogens is 556 g/mol. The summed E-state index contributed by atoms with van der Waals surface area (Å²) in [5.41, 5.74) is -0.670. The second-order valence-corrected chi connectivity index (χ2v) is 11.4. The number of methoxy groups -OCH3 is 1. The summed E-state index contributed by atoms with van der Waals surface area (Å²) < 4.78 is 17.1. The number of nitrogens with zero attached hydrogens (tertiary/aromatic N) is 2. The summed E-state index contributed by atoms with van der Waals surface area (Å²) in [7, 11) is 1.56. The number of likely N-dealkylation sites (tertiary alicyclic amines) is 1. The number of hydrogen-bond donors (Lipinski definition) is 1. The third-order valence-electron chi connectivity index (χ3n) is 7.85. The van der Waals surface area contributed by atoms with Gasteiger partial charge >= 0.3 is 5.97 Å². The van der Waals surface area contributed by atoms with Gasteiger partial charge in [0.25, 0.3) is 5.91 Å². The summed E-state index contributed by atoms with van der Waals surface area (Å²) in [5, 5.41) is 10.4. The highest BCUT2D eigenvalue weighted by atomic mass is 79.9. The van der Waals surface area contributed by atoms with E-state index in [0.29, 0.717) is 17.9 Å². The first kappa shape index (κ1) is 28.3. The van der Waals surface area contributed by atoms with Crippen LogP contribution in [0.1, 0.15) is 20.3 Å². The molecule has 2 bridgehead atoms. The zero-order valence-corrected chi connectivity index (χ0v) is 23.5. The normalized spacial score (nSPS) is 30.2. The Balaban J connectivity index is 1.83. The predicted octanol–water partition coefficient (Wildman–Crippen LogP) is 2.71. The Hall–Kier alpha value is -2.69. The third-order valence-corrected chi connectivity index (χ3v) is 8.70. The Morgan fingerprint density at radius 1 is 1.29 bits per heavy atom. The molecule has 1 aromatic carbocycles. The van der Waals surface area contributed by atoms with Crippen molar-refractivity contribution >= 4 is 39.4 Å². The first-order valence-corrected chi connectivity index (χ1v) is 13.7. The SMILES string of the molecule is C=CCOC(=O)[C@H]1[C@@H]2OC3(CC2Br)C(C(=O)N(CC=C)c2ccc(OC)cc2)N([C@@H](CO)C(C)C)C(=O)[C@H]13. The number of aliphatic hydroxyl groups excluding tert-OH is 1. The van der Waals surface area contributed by atoms with E-state index in [1.54, 1.807) is 42.4 Å². The topological polar surface area (TPSA) is 106 Å². The zero-order chi connectivity index (χ0) is 27.8. The molecule has 0 radical (unpaired) electrons. The molecule has 3 aliphatic rings. The zero-order valence-electron chi connectivity index (χ0n) is 21.9. The van der Waals surface area contributed by atoms with Crippen LogP contribution >= 0.6 is 15.9 Å². The van der Waals surface area contributed by atoms with E-state index in [-0.39, 0.29) is 42.3 Å². The molecule has 1 spiro atoms. The summed E-state index contributed by atoms with van der Waals surface area (Å²) in [5.74, 6) is -2.64. The van der Waals surface area contributed by atoms with Gasteiger partial charge in [0.1, 0.15) is 24.0 Å². The minimum atomic E-state index is -1.26. The summed E-state index contributed by atoms with van der Waals surface area (Å²) >= 11 is 3.64. The van der Waals surface area contributed by atoms with E-state index in [1.807, 2.05) is 13.8 Å². The number of alkyl halides is 1. The fourth-order valence-electron chi connectivity index (χ4n) is 6.19. The van der Waals surface area contributed by atoms with Crippen molar-refractivity contribution in [2.45, 2.75) is 48.9 Å². The number of anilines is 1. The lowest BCUT2D eigenvalue weighted by molar-refractivity contribution is -0.155. The number of halogens is 1. The minimum Gasteiger partial charge on any atom is -0.497 e. The molecule has 2 amide bonds. The molecule has 0 aromatic heterocycles. The lowest BCUT2D eigenvalue weighted by Crippen LogP contribution is -2.60. The minimum absolute atomic E-state index is 0.00479. The summed E-state index contributed by atoms with van der Waals surface area (Å²) in [4.78, 5) is 44.6. The van der Waals surface area contributed by atoms with E-state index in [9.17, 15) is 19.5 Å². The van der Waals surface area contributed by atoms with Crippen molar-refractivity contribution in [3.05, 3.63) is 49.6 Å². The summed E-state index contributed by atoms with van der Waals surface area (Å²) in [6, 6.07) is 5.30. The monoisotopic (exact) mass is 590 g/mol. The summed E-state index contributed by atoms with van der Waals surface area (Å²) in [6.07, 6.45) is 2.80. The highest BCUT2D eigenvalue weighted by Gasteiger charge is 2.77. The van der Waals surface area contributed by atoms with Crippen molar-refractivity contribution in [2.24, 2.45) is 17.8 Å². The van der Waals surface area contributed by atoms with Crippen molar-refractivity contribution in [1.29, 1.82) is 0 Å². The fourth-order valence-corrected chi connectivity index (χ4v) is 7.14. The molecular formula is C28H35BrN2O7. The first-order valence-electron chi connectivity index (χ1n) is 12.8. The molecule has 3 fully saturated rings. The average Bonchev–Trinajstić information content (AvgIpc) is 3.49. The number of esters is 1. The van der Waals surface area contributed by atoms with Gasteiger partial charge in [-0.15, -0.1) is 6.58 Å². The molecule has 3 unspecified atom stereocenters. The van der Waals surface area contributed by atoms with E-state index in [1.165, 1.54) is 11.0 Å². The largest absolute Gasteiger partial charge is 0.497 e. The van der Waals surface area contributed by atoms with Gasteiger partial charge in [-0.05, 0) is 36.6 Å². The highest BCUT2D eigenvalue weighted by molar-refractivity contribution is 9.09. The van der Waals surface area contributed by atoms with E-state index in [2.05, 4.69) is 29.1 Å². The second-order valence-electron chi connectivity index (χ2n) is 10.3. The average molecular weight is 591 g/mol. The molecule has 4 rings (SSSR count). The van der Waals surface area contributed by atoms with Crippen molar-refractivity contribution in [1.82, 2.24) is 4.90 Å². The maximum atomic E-state index is 14.5. The number of fused-ring (bicyclic) bond motifs is 1. The highest BCUT2D eigenvalue weighted by Crippen LogP contribution is 2.61. The lowest BCUT2D eigenvalue weighted by Gasteiger charge is -2.40. The van der Waals surface area contributed by atoms with Gasteiger partial charge in [0.2, 0.25) is 5.91 Å². The number of ether oxygens (including phenoxy) is 3. The Kier molecular flexibility index (Phi) is 8.34. The van der Waals surface area contributed by atoms with Crippen molar-refractivity contribution in [3.63, 3.8) is 0 Å². The van der Waals surface area contributed by atoms with Crippen LogP contribution in [0.15, 0.2) is 49.6 Å².